The zero-order valence-electron chi connectivity index (χ0n) is 12.1. The first-order chi connectivity index (χ1) is 10.8. The molecule has 0 saturated carbocycles. The molecule has 0 aliphatic heterocycles. The van der Waals surface area contributed by atoms with Gasteiger partial charge in [-0.3, -0.25) is 0 Å². The molecular formula is C19H14O3. The van der Waals surface area contributed by atoms with Gasteiger partial charge in [-0.25, -0.2) is 4.79 Å². The van der Waals surface area contributed by atoms with Crippen LogP contribution in [-0.4, -0.2) is 0 Å². The molecule has 0 radical (unpaired) electrons. The van der Waals surface area contributed by atoms with Crippen LogP contribution in [0.4, 0.5) is 0 Å². The molecule has 2 heterocycles. The zero-order chi connectivity index (χ0) is 15.1. The van der Waals surface area contributed by atoms with E-state index in [0.29, 0.717) is 5.58 Å². The average molecular weight is 290 g/mol. The first-order valence-electron chi connectivity index (χ1n) is 7.29. The standard InChI is InChI=1S/C19H14O3/c1-2-12-8-19(20)22-18-10-17-15(9-14(12)18)16(11-21-17)13-6-4-3-5-7-13/h3-11H,2H2,1H3. The lowest BCUT2D eigenvalue weighted by atomic mass is 10.0. The summed E-state index contributed by atoms with van der Waals surface area (Å²) in [4.78, 5) is 11.6. The maximum atomic E-state index is 11.6. The molecule has 0 N–H and O–H groups in total. The van der Waals surface area contributed by atoms with Gasteiger partial charge in [-0.05, 0) is 23.6 Å². The third-order valence-corrected chi connectivity index (χ3v) is 3.99. The number of furan rings is 1. The Morgan fingerprint density at radius 3 is 2.55 bits per heavy atom. The first-order valence-corrected chi connectivity index (χ1v) is 7.29. The lowest BCUT2D eigenvalue weighted by Gasteiger charge is -2.04. The molecule has 0 aliphatic carbocycles. The van der Waals surface area contributed by atoms with Crippen LogP contribution in [0.25, 0.3) is 33.1 Å². The minimum Gasteiger partial charge on any atom is -0.464 e. The third-order valence-electron chi connectivity index (χ3n) is 3.99. The van der Waals surface area contributed by atoms with Gasteiger partial charge in [0.25, 0.3) is 0 Å². The van der Waals surface area contributed by atoms with E-state index in [4.69, 9.17) is 8.83 Å². The summed E-state index contributed by atoms with van der Waals surface area (Å²) in [6.07, 6.45) is 2.54. The van der Waals surface area contributed by atoms with Crippen molar-refractivity contribution < 1.29 is 8.83 Å². The van der Waals surface area contributed by atoms with Gasteiger partial charge >= 0.3 is 5.63 Å². The van der Waals surface area contributed by atoms with Crippen molar-refractivity contribution in [3.05, 3.63) is 70.8 Å². The van der Waals surface area contributed by atoms with Crippen molar-refractivity contribution in [1.82, 2.24) is 0 Å². The Balaban J connectivity index is 2.07. The van der Waals surface area contributed by atoms with Gasteiger partial charge in [-0.2, -0.15) is 0 Å². The van der Waals surface area contributed by atoms with E-state index in [1.54, 1.807) is 18.4 Å². The van der Waals surface area contributed by atoms with Crippen LogP contribution in [0.15, 0.2) is 68.4 Å². The second kappa shape index (κ2) is 4.88. The van der Waals surface area contributed by atoms with Gasteiger partial charge in [-0.15, -0.1) is 0 Å². The summed E-state index contributed by atoms with van der Waals surface area (Å²) < 4.78 is 11.0. The van der Waals surface area contributed by atoms with E-state index in [1.807, 2.05) is 25.1 Å². The minimum atomic E-state index is -0.321. The highest BCUT2D eigenvalue weighted by Gasteiger charge is 2.12. The van der Waals surface area contributed by atoms with Gasteiger partial charge in [0, 0.05) is 28.5 Å². The Morgan fingerprint density at radius 1 is 0.955 bits per heavy atom. The van der Waals surface area contributed by atoms with Crippen LogP contribution in [-0.2, 0) is 6.42 Å². The quantitative estimate of drug-likeness (QED) is 0.499. The van der Waals surface area contributed by atoms with E-state index in [0.717, 1.165) is 39.5 Å². The molecule has 4 rings (SSSR count). The molecule has 4 aromatic rings. The molecule has 0 spiro atoms. The van der Waals surface area contributed by atoms with Crippen molar-refractivity contribution in [2.45, 2.75) is 13.3 Å². The van der Waals surface area contributed by atoms with E-state index >= 15 is 0 Å². The third kappa shape index (κ3) is 1.94. The van der Waals surface area contributed by atoms with Crippen LogP contribution >= 0.6 is 0 Å². The van der Waals surface area contributed by atoms with Crippen molar-refractivity contribution in [2.75, 3.05) is 0 Å². The summed E-state index contributed by atoms with van der Waals surface area (Å²) in [5, 5.41) is 2.00. The average Bonchev–Trinajstić information content (AvgIpc) is 2.95. The summed E-state index contributed by atoms with van der Waals surface area (Å²) in [6, 6.07) is 15.5. The molecule has 0 saturated heterocycles. The molecule has 3 nitrogen and oxygen atoms in total. The fourth-order valence-corrected chi connectivity index (χ4v) is 2.88. The summed E-state index contributed by atoms with van der Waals surface area (Å²) in [5.74, 6) is 0. The Hall–Kier alpha value is -2.81. The smallest absolute Gasteiger partial charge is 0.336 e. The van der Waals surface area contributed by atoms with Gasteiger partial charge < -0.3 is 8.83 Å². The summed E-state index contributed by atoms with van der Waals surface area (Å²) in [7, 11) is 0. The fraction of sp³-hybridized carbons (Fsp3) is 0.105. The van der Waals surface area contributed by atoms with Gasteiger partial charge in [0.15, 0.2) is 0 Å². The molecule has 0 unspecified atom stereocenters. The van der Waals surface area contributed by atoms with Crippen LogP contribution in [0, 0.1) is 0 Å². The van der Waals surface area contributed by atoms with Crippen LogP contribution in [0.2, 0.25) is 0 Å². The lowest BCUT2D eigenvalue weighted by molar-refractivity contribution is 0.557. The number of benzene rings is 2. The number of hydrogen-bond acceptors (Lipinski definition) is 3. The number of hydrogen-bond donors (Lipinski definition) is 0. The molecule has 0 aliphatic rings. The predicted molar refractivity (Wildman–Crippen MR) is 87.1 cm³/mol. The predicted octanol–water partition coefficient (Wildman–Crippen LogP) is 4.77. The Morgan fingerprint density at radius 2 is 1.77 bits per heavy atom. The molecule has 2 aromatic heterocycles. The highest BCUT2D eigenvalue weighted by atomic mass is 16.4. The van der Waals surface area contributed by atoms with Gasteiger partial charge in [0.05, 0.1) is 6.26 Å². The van der Waals surface area contributed by atoms with E-state index in [9.17, 15) is 4.79 Å². The van der Waals surface area contributed by atoms with Crippen molar-refractivity contribution in [3.8, 4) is 11.1 Å². The maximum Gasteiger partial charge on any atom is 0.336 e. The summed E-state index contributed by atoms with van der Waals surface area (Å²) in [6.45, 7) is 2.03. The van der Waals surface area contributed by atoms with Crippen LogP contribution < -0.4 is 5.63 Å². The Kier molecular flexibility index (Phi) is 2.86. The Bertz CT molecular complexity index is 1020. The molecule has 0 amide bonds. The minimum absolute atomic E-state index is 0.321. The highest BCUT2D eigenvalue weighted by Crippen LogP contribution is 2.34. The number of fused-ring (bicyclic) bond motifs is 2. The van der Waals surface area contributed by atoms with Crippen LogP contribution in [0.1, 0.15) is 12.5 Å². The summed E-state index contributed by atoms with van der Waals surface area (Å²) in [5.41, 5.74) is 4.13. The molecular weight excluding hydrogens is 276 g/mol. The fourth-order valence-electron chi connectivity index (χ4n) is 2.88. The molecule has 0 bridgehead atoms. The largest absolute Gasteiger partial charge is 0.464 e. The Labute approximate surface area is 126 Å². The zero-order valence-corrected chi connectivity index (χ0v) is 12.1. The summed E-state index contributed by atoms with van der Waals surface area (Å²) >= 11 is 0. The molecule has 0 fully saturated rings. The first kappa shape index (κ1) is 12.9. The lowest BCUT2D eigenvalue weighted by Crippen LogP contribution is -1.99. The molecule has 22 heavy (non-hydrogen) atoms. The van der Waals surface area contributed by atoms with Gasteiger partial charge in [-0.1, -0.05) is 37.3 Å². The normalized spacial score (nSPS) is 11.3. The van der Waals surface area contributed by atoms with Crippen molar-refractivity contribution in [1.29, 1.82) is 0 Å². The van der Waals surface area contributed by atoms with Crippen molar-refractivity contribution >= 4 is 21.9 Å². The molecule has 3 heteroatoms. The SMILES string of the molecule is CCc1cc(=O)oc2cc3occ(-c4ccccc4)c3cc12. The van der Waals surface area contributed by atoms with Crippen molar-refractivity contribution in [3.63, 3.8) is 0 Å². The van der Waals surface area contributed by atoms with E-state index in [-0.39, 0.29) is 5.63 Å². The second-order valence-corrected chi connectivity index (χ2v) is 5.30. The monoisotopic (exact) mass is 290 g/mol. The second-order valence-electron chi connectivity index (χ2n) is 5.30. The number of rotatable bonds is 2. The van der Waals surface area contributed by atoms with Crippen LogP contribution in [0.3, 0.4) is 0 Å². The molecule has 2 aromatic carbocycles. The highest BCUT2D eigenvalue weighted by molar-refractivity contribution is 6.02. The maximum absolute atomic E-state index is 11.6. The topological polar surface area (TPSA) is 43.4 Å². The van der Waals surface area contributed by atoms with E-state index in [1.165, 1.54) is 0 Å². The molecule has 108 valence electrons. The van der Waals surface area contributed by atoms with Crippen LogP contribution in [0.5, 0.6) is 0 Å². The molecule has 0 atom stereocenters. The van der Waals surface area contributed by atoms with Gasteiger partial charge in [0.2, 0.25) is 0 Å². The van der Waals surface area contributed by atoms with E-state index < -0.39 is 0 Å². The van der Waals surface area contributed by atoms with Crippen molar-refractivity contribution in [2.24, 2.45) is 0 Å². The van der Waals surface area contributed by atoms with E-state index in [2.05, 4.69) is 18.2 Å². The number of aryl methyl sites for hydroxylation is 1. The van der Waals surface area contributed by atoms with Gasteiger partial charge in [0.1, 0.15) is 11.2 Å².